The van der Waals surface area contributed by atoms with Crippen LogP contribution in [-0.2, 0) is 11.3 Å². The number of nitriles is 1. The number of rotatable bonds is 3. The van der Waals surface area contributed by atoms with Crippen molar-refractivity contribution in [1.82, 2.24) is 10.2 Å². The number of carbonyl (C=O) groups is 1. The lowest BCUT2D eigenvalue weighted by Crippen LogP contribution is -2.41. The van der Waals surface area contributed by atoms with Crippen molar-refractivity contribution in [3.05, 3.63) is 35.1 Å². The number of likely N-dealkylation sites (tertiary alicyclic amines) is 1. The Kier molecular flexibility index (Phi) is 4.13. The van der Waals surface area contributed by atoms with Crippen molar-refractivity contribution < 1.29 is 9.18 Å². The molecular formula is C14H16FN3O. The Balaban J connectivity index is 2.12. The predicted octanol–water partition coefficient (Wildman–Crippen LogP) is 1.41. The van der Waals surface area contributed by atoms with Gasteiger partial charge in [-0.25, -0.2) is 4.39 Å². The largest absolute Gasteiger partial charge is 0.358 e. The van der Waals surface area contributed by atoms with Crippen molar-refractivity contribution in [1.29, 1.82) is 5.26 Å². The maximum Gasteiger partial charge on any atom is 0.237 e. The maximum atomic E-state index is 13.8. The summed E-state index contributed by atoms with van der Waals surface area (Å²) in [7, 11) is 1.61. The Bertz CT molecular complexity index is 524. The van der Waals surface area contributed by atoms with Gasteiger partial charge in [-0.2, -0.15) is 5.26 Å². The van der Waals surface area contributed by atoms with Gasteiger partial charge in [0.05, 0.1) is 17.7 Å². The van der Waals surface area contributed by atoms with Crippen LogP contribution < -0.4 is 5.32 Å². The molecule has 1 saturated heterocycles. The number of nitrogens with zero attached hydrogens (tertiary/aromatic N) is 2. The molecule has 100 valence electrons. The molecule has 1 aromatic rings. The molecule has 0 radical (unpaired) electrons. The highest BCUT2D eigenvalue weighted by Crippen LogP contribution is 2.21. The molecule has 1 unspecified atom stereocenters. The molecule has 1 aliphatic heterocycles. The Morgan fingerprint density at radius 1 is 1.63 bits per heavy atom. The van der Waals surface area contributed by atoms with Crippen molar-refractivity contribution in [2.45, 2.75) is 25.4 Å². The van der Waals surface area contributed by atoms with E-state index in [1.165, 1.54) is 6.07 Å². The summed E-state index contributed by atoms with van der Waals surface area (Å²) in [6, 6.07) is 6.18. The van der Waals surface area contributed by atoms with Gasteiger partial charge in [-0.1, -0.05) is 6.07 Å². The van der Waals surface area contributed by atoms with E-state index in [0.717, 1.165) is 19.4 Å². The Labute approximate surface area is 111 Å². The van der Waals surface area contributed by atoms with Gasteiger partial charge in [0.25, 0.3) is 0 Å². The van der Waals surface area contributed by atoms with Crippen LogP contribution in [0.2, 0.25) is 0 Å². The summed E-state index contributed by atoms with van der Waals surface area (Å²) in [5.74, 6) is -0.409. The first kappa shape index (κ1) is 13.5. The van der Waals surface area contributed by atoms with Crippen LogP contribution in [0.15, 0.2) is 18.2 Å². The molecule has 1 amide bonds. The average Bonchev–Trinajstić information content (AvgIpc) is 2.88. The van der Waals surface area contributed by atoms with E-state index in [9.17, 15) is 9.18 Å². The molecule has 0 spiro atoms. The molecular weight excluding hydrogens is 245 g/mol. The highest BCUT2D eigenvalue weighted by atomic mass is 19.1. The molecule has 1 fully saturated rings. The maximum absolute atomic E-state index is 13.8. The van der Waals surface area contributed by atoms with Crippen LogP contribution in [0.5, 0.6) is 0 Å². The van der Waals surface area contributed by atoms with Gasteiger partial charge < -0.3 is 5.32 Å². The van der Waals surface area contributed by atoms with E-state index in [-0.39, 0.29) is 17.8 Å². The van der Waals surface area contributed by atoms with E-state index < -0.39 is 0 Å². The Hall–Kier alpha value is -1.93. The third kappa shape index (κ3) is 2.91. The number of benzene rings is 1. The van der Waals surface area contributed by atoms with Crippen molar-refractivity contribution >= 4 is 5.91 Å². The van der Waals surface area contributed by atoms with E-state index in [2.05, 4.69) is 5.32 Å². The second kappa shape index (κ2) is 5.81. The minimum Gasteiger partial charge on any atom is -0.358 e. The molecule has 5 heteroatoms. The van der Waals surface area contributed by atoms with Gasteiger partial charge in [0.2, 0.25) is 5.91 Å². The van der Waals surface area contributed by atoms with E-state index >= 15 is 0 Å². The SMILES string of the molecule is CNC(=O)C1CCCN1Cc1ccc(C#N)cc1F. The van der Waals surface area contributed by atoms with Crippen molar-refractivity contribution in [2.24, 2.45) is 0 Å². The topological polar surface area (TPSA) is 56.1 Å². The van der Waals surface area contributed by atoms with Gasteiger partial charge in [0, 0.05) is 19.2 Å². The van der Waals surface area contributed by atoms with Crippen LogP contribution in [0.3, 0.4) is 0 Å². The lowest BCUT2D eigenvalue weighted by molar-refractivity contribution is -0.125. The molecule has 1 aliphatic rings. The summed E-state index contributed by atoms with van der Waals surface area (Å²) >= 11 is 0. The number of halogens is 1. The van der Waals surface area contributed by atoms with Crippen molar-refractivity contribution in [2.75, 3.05) is 13.6 Å². The molecule has 1 atom stereocenters. The van der Waals surface area contributed by atoms with E-state index in [0.29, 0.717) is 17.7 Å². The number of hydrogen-bond acceptors (Lipinski definition) is 3. The smallest absolute Gasteiger partial charge is 0.237 e. The van der Waals surface area contributed by atoms with Gasteiger partial charge >= 0.3 is 0 Å². The Morgan fingerprint density at radius 2 is 2.42 bits per heavy atom. The monoisotopic (exact) mass is 261 g/mol. The lowest BCUT2D eigenvalue weighted by atomic mass is 10.1. The van der Waals surface area contributed by atoms with Gasteiger partial charge in [-0.05, 0) is 31.5 Å². The fourth-order valence-electron chi connectivity index (χ4n) is 2.44. The highest BCUT2D eigenvalue weighted by molar-refractivity contribution is 5.81. The zero-order valence-corrected chi connectivity index (χ0v) is 10.8. The molecule has 0 bridgehead atoms. The van der Waals surface area contributed by atoms with Crippen LogP contribution in [0.25, 0.3) is 0 Å². The highest BCUT2D eigenvalue weighted by Gasteiger charge is 2.30. The lowest BCUT2D eigenvalue weighted by Gasteiger charge is -2.23. The van der Waals surface area contributed by atoms with Crippen LogP contribution in [-0.4, -0.2) is 30.4 Å². The normalized spacial score (nSPS) is 19.1. The fraction of sp³-hybridized carbons (Fsp3) is 0.429. The number of amides is 1. The number of carbonyl (C=O) groups excluding carboxylic acids is 1. The molecule has 1 N–H and O–H groups in total. The van der Waals surface area contributed by atoms with Gasteiger partial charge in [-0.15, -0.1) is 0 Å². The summed E-state index contributed by atoms with van der Waals surface area (Å²) in [6.45, 7) is 1.19. The second-order valence-electron chi connectivity index (χ2n) is 4.66. The van der Waals surface area contributed by atoms with Crippen LogP contribution in [0, 0.1) is 17.1 Å². The van der Waals surface area contributed by atoms with Gasteiger partial charge in [0.1, 0.15) is 5.82 Å². The summed E-state index contributed by atoms with van der Waals surface area (Å²) in [6.07, 6.45) is 1.74. The number of hydrogen-bond donors (Lipinski definition) is 1. The minimum atomic E-state index is -0.387. The van der Waals surface area contributed by atoms with Crippen molar-refractivity contribution in [3.63, 3.8) is 0 Å². The van der Waals surface area contributed by atoms with Gasteiger partial charge in [0.15, 0.2) is 0 Å². The Morgan fingerprint density at radius 3 is 3.05 bits per heavy atom. The summed E-state index contributed by atoms with van der Waals surface area (Å²) in [5.41, 5.74) is 0.834. The zero-order chi connectivity index (χ0) is 13.8. The predicted molar refractivity (Wildman–Crippen MR) is 68.6 cm³/mol. The van der Waals surface area contributed by atoms with E-state index in [1.807, 2.05) is 11.0 Å². The summed E-state index contributed by atoms with van der Waals surface area (Å²) in [4.78, 5) is 13.7. The average molecular weight is 261 g/mol. The first-order chi connectivity index (χ1) is 9.15. The molecule has 19 heavy (non-hydrogen) atoms. The first-order valence-electron chi connectivity index (χ1n) is 6.30. The van der Waals surface area contributed by atoms with E-state index in [4.69, 9.17) is 5.26 Å². The van der Waals surface area contributed by atoms with Crippen LogP contribution in [0.4, 0.5) is 4.39 Å². The molecule has 1 aromatic carbocycles. The summed E-state index contributed by atoms with van der Waals surface area (Å²) in [5, 5.41) is 11.3. The van der Waals surface area contributed by atoms with E-state index in [1.54, 1.807) is 19.2 Å². The molecule has 0 saturated carbocycles. The molecule has 0 aliphatic carbocycles. The third-order valence-electron chi connectivity index (χ3n) is 3.47. The quantitative estimate of drug-likeness (QED) is 0.895. The standard InChI is InChI=1S/C14H16FN3O/c1-17-14(19)13-3-2-6-18(13)9-11-5-4-10(8-16)7-12(11)15/h4-5,7,13H,2-3,6,9H2,1H3,(H,17,19). The molecule has 4 nitrogen and oxygen atoms in total. The molecule has 1 heterocycles. The number of nitrogens with one attached hydrogen (secondary N) is 1. The zero-order valence-electron chi connectivity index (χ0n) is 10.8. The third-order valence-corrected chi connectivity index (χ3v) is 3.47. The van der Waals surface area contributed by atoms with Gasteiger partial charge in [-0.3, -0.25) is 9.69 Å². The second-order valence-corrected chi connectivity index (χ2v) is 4.66. The molecule has 2 rings (SSSR count). The van der Waals surface area contributed by atoms with Crippen LogP contribution >= 0.6 is 0 Å². The first-order valence-corrected chi connectivity index (χ1v) is 6.30. The minimum absolute atomic E-state index is 0.0217. The van der Waals surface area contributed by atoms with Crippen molar-refractivity contribution in [3.8, 4) is 6.07 Å². The summed E-state index contributed by atoms with van der Waals surface area (Å²) < 4.78 is 13.8. The fourth-order valence-corrected chi connectivity index (χ4v) is 2.44. The molecule has 0 aromatic heterocycles. The van der Waals surface area contributed by atoms with Crippen LogP contribution in [0.1, 0.15) is 24.0 Å². The number of likely N-dealkylation sites (N-methyl/N-ethyl adjacent to an activating group) is 1.